The number of aromatic amines is 1. The first-order valence-electron chi connectivity index (χ1n) is 6.55. The van der Waals surface area contributed by atoms with Gasteiger partial charge < -0.3 is 4.98 Å². The molecule has 1 aliphatic rings. The minimum Gasteiger partial charge on any atom is -0.354 e. The molecule has 0 aliphatic heterocycles. The van der Waals surface area contributed by atoms with Crippen LogP contribution in [0.4, 0.5) is 0 Å². The van der Waals surface area contributed by atoms with Crippen LogP contribution in [0, 0.1) is 0 Å². The number of allylic oxidation sites excluding steroid dienone is 2. The highest BCUT2D eigenvalue weighted by atomic mass is 16.2. The molecule has 0 atom stereocenters. The normalized spacial score (nSPS) is 15.3. The fourth-order valence-corrected chi connectivity index (χ4v) is 2.78. The number of fused-ring (bicyclic) bond motifs is 3. The van der Waals surface area contributed by atoms with Gasteiger partial charge in [-0.1, -0.05) is 31.5 Å². The smallest absolute Gasteiger partial charge is 0.235 e. The van der Waals surface area contributed by atoms with Crippen LogP contribution in [-0.2, 0) is 4.79 Å². The summed E-state index contributed by atoms with van der Waals surface area (Å²) in [5.41, 5.74) is 3.88. The molecule has 3 heteroatoms. The average molecular weight is 253 g/mol. The molecule has 1 aromatic heterocycles. The summed E-state index contributed by atoms with van der Waals surface area (Å²) < 4.78 is 0. The van der Waals surface area contributed by atoms with Crippen LogP contribution in [0.5, 0.6) is 0 Å². The zero-order chi connectivity index (χ0) is 13.6. The third-order valence-corrected chi connectivity index (χ3v) is 3.73. The van der Waals surface area contributed by atoms with Crippen molar-refractivity contribution in [2.45, 2.75) is 26.7 Å². The predicted octanol–water partition coefficient (Wildman–Crippen LogP) is 3.51. The topological polar surface area (TPSA) is 49.9 Å². The molecule has 3 rings (SSSR count). The Morgan fingerprint density at radius 3 is 2.58 bits per heavy atom. The third kappa shape index (κ3) is 1.58. The zero-order valence-electron chi connectivity index (χ0n) is 11.0. The van der Waals surface area contributed by atoms with Gasteiger partial charge in [-0.05, 0) is 25.0 Å². The Hall–Kier alpha value is -2.16. The predicted molar refractivity (Wildman–Crippen MR) is 75.1 cm³/mol. The maximum absolute atomic E-state index is 12.2. The van der Waals surface area contributed by atoms with Crippen molar-refractivity contribution in [2.75, 3.05) is 0 Å². The van der Waals surface area contributed by atoms with Gasteiger partial charge in [0.15, 0.2) is 0 Å². The Balaban J connectivity index is 2.37. The van der Waals surface area contributed by atoms with Crippen molar-refractivity contribution in [3.8, 4) is 0 Å². The summed E-state index contributed by atoms with van der Waals surface area (Å²) in [5, 5.41) is 0.844. The highest BCUT2D eigenvalue weighted by Gasteiger charge is 2.32. The number of carbonyl (C=O) groups excluding carboxylic acids is 2. The van der Waals surface area contributed by atoms with E-state index in [1.807, 2.05) is 24.3 Å². The molecule has 1 N–H and O–H groups in total. The lowest BCUT2D eigenvalue weighted by molar-refractivity contribution is -0.111. The van der Waals surface area contributed by atoms with E-state index in [1.54, 1.807) is 6.92 Å². The van der Waals surface area contributed by atoms with Gasteiger partial charge in [-0.25, -0.2) is 0 Å². The third-order valence-electron chi connectivity index (χ3n) is 3.73. The van der Waals surface area contributed by atoms with Gasteiger partial charge in [-0.3, -0.25) is 9.59 Å². The number of carbonyl (C=O) groups is 2. The quantitative estimate of drug-likeness (QED) is 0.833. The molecule has 3 nitrogen and oxygen atoms in total. The lowest BCUT2D eigenvalue weighted by Crippen LogP contribution is -2.22. The van der Waals surface area contributed by atoms with Crippen LogP contribution in [0.1, 0.15) is 42.7 Å². The van der Waals surface area contributed by atoms with Crippen LogP contribution >= 0.6 is 0 Å². The minimum absolute atomic E-state index is 0.360. The van der Waals surface area contributed by atoms with Gasteiger partial charge in [0.1, 0.15) is 0 Å². The molecule has 1 aromatic carbocycles. The van der Waals surface area contributed by atoms with Crippen molar-refractivity contribution in [2.24, 2.45) is 0 Å². The van der Waals surface area contributed by atoms with E-state index in [2.05, 4.69) is 11.9 Å². The lowest BCUT2D eigenvalue weighted by atomic mass is 9.86. The Morgan fingerprint density at radius 2 is 1.84 bits per heavy atom. The van der Waals surface area contributed by atoms with Crippen LogP contribution in [0.15, 0.2) is 29.8 Å². The number of H-pyrrole nitrogens is 1. The molecule has 2 aromatic rings. The number of ketones is 2. The molecule has 19 heavy (non-hydrogen) atoms. The first-order valence-corrected chi connectivity index (χ1v) is 6.55. The van der Waals surface area contributed by atoms with Crippen LogP contribution in [0.3, 0.4) is 0 Å². The molecule has 1 aliphatic carbocycles. The molecule has 0 spiro atoms. The Labute approximate surface area is 111 Å². The number of rotatable bonds is 2. The van der Waals surface area contributed by atoms with Crippen molar-refractivity contribution >= 4 is 28.0 Å². The van der Waals surface area contributed by atoms with Gasteiger partial charge >= 0.3 is 0 Å². The summed E-state index contributed by atoms with van der Waals surface area (Å²) in [5.74, 6) is -0.745. The molecule has 0 radical (unpaired) electrons. The van der Waals surface area contributed by atoms with E-state index >= 15 is 0 Å². The highest BCUT2D eigenvalue weighted by Crippen LogP contribution is 2.36. The van der Waals surface area contributed by atoms with E-state index in [0.717, 1.165) is 35.0 Å². The highest BCUT2D eigenvalue weighted by molar-refractivity contribution is 6.54. The van der Waals surface area contributed by atoms with Crippen molar-refractivity contribution in [3.63, 3.8) is 0 Å². The number of nitrogens with one attached hydrogen (secondary N) is 1. The second-order valence-corrected chi connectivity index (χ2v) is 4.93. The summed E-state index contributed by atoms with van der Waals surface area (Å²) in [6.45, 7) is 3.82. The summed E-state index contributed by atoms with van der Waals surface area (Å²) in [6.07, 6.45) is 1.76. The molecule has 0 bridgehead atoms. The number of aromatic nitrogens is 1. The van der Waals surface area contributed by atoms with E-state index < -0.39 is 0 Å². The first kappa shape index (κ1) is 11.9. The maximum Gasteiger partial charge on any atom is 0.235 e. The summed E-state index contributed by atoms with van der Waals surface area (Å²) >= 11 is 0. The van der Waals surface area contributed by atoms with E-state index in [9.17, 15) is 9.59 Å². The van der Waals surface area contributed by atoms with Crippen molar-refractivity contribution in [3.05, 3.63) is 41.1 Å². The Bertz CT molecular complexity index is 734. The number of hydrogen-bond donors (Lipinski definition) is 1. The van der Waals surface area contributed by atoms with Gasteiger partial charge in [-0.2, -0.15) is 0 Å². The van der Waals surface area contributed by atoms with Gasteiger partial charge in [0.2, 0.25) is 11.6 Å². The van der Waals surface area contributed by atoms with E-state index in [0.29, 0.717) is 11.1 Å². The lowest BCUT2D eigenvalue weighted by Gasteiger charge is -2.16. The van der Waals surface area contributed by atoms with E-state index in [4.69, 9.17) is 0 Å². The zero-order valence-corrected chi connectivity index (χ0v) is 11.0. The second-order valence-electron chi connectivity index (χ2n) is 4.93. The average Bonchev–Trinajstić information content (AvgIpc) is 2.80. The number of para-hydroxylation sites is 1. The molecule has 0 saturated carbocycles. The van der Waals surface area contributed by atoms with Crippen molar-refractivity contribution in [1.82, 2.24) is 4.98 Å². The fourth-order valence-electron chi connectivity index (χ4n) is 2.78. The maximum atomic E-state index is 12.2. The summed E-state index contributed by atoms with van der Waals surface area (Å²) in [6, 6.07) is 7.63. The summed E-state index contributed by atoms with van der Waals surface area (Å²) in [4.78, 5) is 27.6. The van der Waals surface area contributed by atoms with Crippen LogP contribution in [-0.4, -0.2) is 16.6 Å². The Morgan fingerprint density at radius 1 is 1.11 bits per heavy atom. The monoisotopic (exact) mass is 253 g/mol. The van der Waals surface area contributed by atoms with Gasteiger partial charge in [-0.15, -0.1) is 0 Å². The molecular formula is C16H15NO2. The van der Waals surface area contributed by atoms with Gasteiger partial charge in [0, 0.05) is 16.5 Å². The van der Waals surface area contributed by atoms with Gasteiger partial charge in [0.05, 0.1) is 11.3 Å². The molecule has 0 amide bonds. The molecule has 1 heterocycles. The SMILES string of the molecule is CCCC1=C(C)C(=O)C(=O)c2c1[nH]c1ccccc21. The van der Waals surface area contributed by atoms with Crippen LogP contribution in [0.2, 0.25) is 0 Å². The van der Waals surface area contributed by atoms with Crippen LogP contribution in [0.25, 0.3) is 16.5 Å². The van der Waals surface area contributed by atoms with Crippen molar-refractivity contribution < 1.29 is 9.59 Å². The Kier molecular flexibility index (Phi) is 2.63. The number of benzene rings is 1. The second kappa shape index (κ2) is 4.19. The first-order chi connectivity index (χ1) is 9.15. The summed E-state index contributed by atoms with van der Waals surface area (Å²) in [7, 11) is 0. The molecule has 0 unspecified atom stereocenters. The van der Waals surface area contributed by atoms with Crippen molar-refractivity contribution in [1.29, 1.82) is 0 Å². The molecule has 0 fully saturated rings. The van der Waals surface area contributed by atoms with E-state index in [-0.39, 0.29) is 11.6 Å². The molecular weight excluding hydrogens is 238 g/mol. The standard InChI is InChI=1S/C16H15NO2/c1-3-6-10-9(2)15(18)16(19)13-11-7-4-5-8-12(11)17-14(10)13/h4-5,7-8,17H,3,6H2,1-2H3. The number of hydrogen-bond acceptors (Lipinski definition) is 2. The fraction of sp³-hybridized carbons (Fsp3) is 0.250. The van der Waals surface area contributed by atoms with E-state index in [1.165, 1.54) is 0 Å². The largest absolute Gasteiger partial charge is 0.354 e. The molecule has 96 valence electrons. The molecule has 0 saturated heterocycles. The minimum atomic E-state index is -0.384. The van der Waals surface area contributed by atoms with Gasteiger partial charge in [0.25, 0.3) is 0 Å². The number of Topliss-reactive ketones (excluding diaryl/α,β-unsaturated/α-hetero) is 2. The van der Waals surface area contributed by atoms with Crippen LogP contribution < -0.4 is 0 Å².